The Kier molecular flexibility index (Phi) is 4.27. The number of hydrogen-bond donors (Lipinski definition) is 3. The van der Waals surface area contributed by atoms with Gasteiger partial charge in [0, 0.05) is 5.02 Å². The number of benzene rings is 1. The van der Waals surface area contributed by atoms with Crippen molar-refractivity contribution in [3.05, 3.63) is 23.2 Å². The number of rotatable bonds is 4. The molecule has 0 saturated heterocycles. The van der Waals surface area contributed by atoms with Crippen molar-refractivity contribution in [2.75, 3.05) is 5.73 Å². The Morgan fingerprint density at radius 2 is 2.00 bits per heavy atom. The second kappa shape index (κ2) is 5.05. The summed E-state index contributed by atoms with van der Waals surface area (Å²) >= 11 is 5.76. The Balaban J connectivity index is 3.19. The van der Waals surface area contributed by atoms with Crippen LogP contribution in [0.2, 0.25) is 5.02 Å². The number of aliphatic hydroxyl groups is 1. The van der Waals surface area contributed by atoms with Crippen molar-refractivity contribution in [1.29, 1.82) is 0 Å². The number of nitrogen functional groups attached to an aromatic ring is 1. The highest BCUT2D eigenvalue weighted by Crippen LogP contribution is 2.24. The number of halogens is 1. The molecule has 0 bridgehead atoms. The molecule has 18 heavy (non-hydrogen) atoms. The summed E-state index contributed by atoms with van der Waals surface area (Å²) in [7, 11) is -3.84. The zero-order valence-corrected chi connectivity index (χ0v) is 12.0. The molecule has 0 heterocycles. The molecule has 1 unspecified atom stereocenters. The highest BCUT2D eigenvalue weighted by molar-refractivity contribution is 7.89. The van der Waals surface area contributed by atoms with E-state index in [2.05, 4.69) is 4.72 Å². The molecular formula is C11H17ClN2O3S. The molecule has 0 aliphatic rings. The van der Waals surface area contributed by atoms with E-state index in [9.17, 15) is 13.5 Å². The lowest BCUT2D eigenvalue weighted by atomic mass is 10.0. The van der Waals surface area contributed by atoms with E-state index in [0.29, 0.717) is 0 Å². The molecule has 0 radical (unpaired) electrons. The molecule has 0 aromatic heterocycles. The van der Waals surface area contributed by atoms with E-state index in [1.54, 1.807) is 13.8 Å². The van der Waals surface area contributed by atoms with Crippen LogP contribution in [0.4, 0.5) is 5.69 Å². The van der Waals surface area contributed by atoms with Gasteiger partial charge in [0.1, 0.15) is 4.90 Å². The van der Waals surface area contributed by atoms with Gasteiger partial charge in [-0.2, -0.15) is 0 Å². The van der Waals surface area contributed by atoms with Gasteiger partial charge in [-0.3, -0.25) is 0 Å². The van der Waals surface area contributed by atoms with Crippen molar-refractivity contribution in [2.45, 2.75) is 37.3 Å². The zero-order chi connectivity index (χ0) is 14.1. The lowest BCUT2D eigenvalue weighted by Crippen LogP contribution is -2.50. The first-order valence-corrected chi connectivity index (χ1v) is 7.19. The summed E-state index contributed by atoms with van der Waals surface area (Å²) in [5, 5.41) is 9.81. The third kappa shape index (κ3) is 3.35. The SMILES string of the molecule is CC(O)C(C)(C)NS(=O)(=O)c1cc(Cl)ccc1N. The van der Waals surface area contributed by atoms with Crippen molar-refractivity contribution in [2.24, 2.45) is 0 Å². The van der Waals surface area contributed by atoms with Gasteiger partial charge in [-0.15, -0.1) is 0 Å². The molecule has 0 amide bonds. The van der Waals surface area contributed by atoms with Crippen LogP contribution >= 0.6 is 11.6 Å². The monoisotopic (exact) mass is 292 g/mol. The van der Waals surface area contributed by atoms with Gasteiger partial charge in [-0.1, -0.05) is 11.6 Å². The predicted molar refractivity (Wildman–Crippen MR) is 71.9 cm³/mol. The fourth-order valence-corrected chi connectivity index (χ4v) is 3.10. The van der Waals surface area contributed by atoms with Gasteiger partial charge in [0.2, 0.25) is 10.0 Å². The Morgan fingerprint density at radius 3 is 2.50 bits per heavy atom. The first-order chi connectivity index (χ1) is 8.06. The van der Waals surface area contributed by atoms with Crippen molar-refractivity contribution in [1.82, 2.24) is 4.72 Å². The smallest absolute Gasteiger partial charge is 0.243 e. The van der Waals surface area contributed by atoms with Crippen molar-refractivity contribution in [3.63, 3.8) is 0 Å². The third-order valence-electron chi connectivity index (χ3n) is 2.71. The van der Waals surface area contributed by atoms with Gasteiger partial charge >= 0.3 is 0 Å². The number of anilines is 1. The van der Waals surface area contributed by atoms with Gasteiger partial charge in [0.05, 0.1) is 17.3 Å². The fraction of sp³-hybridized carbons (Fsp3) is 0.455. The molecule has 1 aromatic carbocycles. The standard InChI is InChI=1S/C11H17ClN2O3S/c1-7(15)11(2,3)14-18(16,17)10-6-8(12)4-5-9(10)13/h4-7,14-15H,13H2,1-3H3. The number of nitrogens with two attached hydrogens (primary N) is 1. The van der Waals surface area contributed by atoms with Gasteiger partial charge in [0.25, 0.3) is 0 Å². The van der Waals surface area contributed by atoms with Crippen molar-refractivity contribution in [3.8, 4) is 0 Å². The molecule has 7 heteroatoms. The second-order valence-corrected chi connectivity index (χ2v) is 6.77. The topological polar surface area (TPSA) is 92.4 Å². The molecule has 0 aliphatic heterocycles. The first-order valence-electron chi connectivity index (χ1n) is 5.33. The summed E-state index contributed by atoms with van der Waals surface area (Å²) in [6, 6.07) is 4.21. The lowest BCUT2D eigenvalue weighted by Gasteiger charge is -2.29. The molecule has 0 fully saturated rings. The maximum absolute atomic E-state index is 12.2. The van der Waals surface area contributed by atoms with E-state index in [1.165, 1.54) is 25.1 Å². The Bertz CT molecular complexity index is 541. The molecule has 4 N–H and O–H groups in total. The fourth-order valence-electron chi connectivity index (χ4n) is 1.23. The van der Waals surface area contributed by atoms with Crippen LogP contribution in [0.1, 0.15) is 20.8 Å². The highest BCUT2D eigenvalue weighted by atomic mass is 35.5. The average Bonchev–Trinajstić information content (AvgIpc) is 2.19. The van der Waals surface area contributed by atoms with Crippen LogP contribution in [-0.2, 0) is 10.0 Å². The summed E-state index contributed by atoms with van der Waals surface area (Å²) in [5.41, 5.74) is 4.73. The van der Waals surface area contributed by atoms with Crippen LogP contribution in [0.3, 0.4) is 0 Å². The summed E-state index contributed by atoms with van der Waals surface area (Å²) in [6.07, 6.45) is -0.854. The molecule has 1 atom stereocenters. The normalized spacial score (nSPS) is 14.5. The summed E-state index contributed by atoms with van der Waals surface area (Å²) in [6.45, 7) is 4.66. The minimum Gasteiger partial charge on any atom is -0.398 e. The number of sulfonamides is 1. The zero-order valence-electron chi connectivity index (χ0n) is 10.4. The third-order valence-corrected chi connectivity index (χ3v) is 4.67. The number of aliphatic hydroxyl groups excluding tert-OH is 1. The minimum absolute atomic E-state index is 0.0938. The van der Waals surface area contributed by atoms with Crippen LogP contribution in [0.5, 0.6) is 0 Å². The largest absolute Gasteiger partial charge is 0.398 e. The van der Waals surface area contributed by atoms with Crippen LogP contribution in [-0.4, -0.2) is 25.2 Å². The Hall–Kier alpha value is -0.820. The second-order valence-electron chi connectivity index (χ2n) is 4.69. The van der Waals surface area contributed by atoms with E-state index < -0.39 is 21.7 Å². The molecule has 0 saturated carbocycles. The van der Waals surface area contributed by atoms with Gasteiger partial charge in [-0.25, -0.2) is 13.1 Å². The number of nitrogens with one attached hydrogen (secondary N) is 1. The predicted octanol–water partition coefficient (Wildman–Crippen LogP) is 1.36. The molecule has 1 aromatic rings. The van der Waals surface area contributed by atoms with Gasteiger partial charge in [-0.05, 0) is 39.0 Å². The van der Waals surface area contributed by atoms with Crippen LogP contribution < -0.4 is 10.5 Å². The number of hydrogen-bond acceptors (Lipinski definition) is 4. The molecule has 0 aliphatic carbocycles. The molecular weight excluding hydrogens is 276 g/mol. The molecule has 5 nitrogen and oxygen atoms in total. The molecule has 0 spiro atoms. The van der Waals surface area contributed by atoms with E-state index in [0.717, 1.165) is 0 Å². The van der Waals surface area contributed by atoms with Crippen LogP contribution in [0.15, 0.2) is 23.1 Å². The summed E-state index contributed by atoms with van der Waals surface area (Å²) in [4.78, 5) is -0.0938. The summed E-state index contributed by atoms with van der Waals surface area (Å²) < 4.78 is 26.7. The van der Waals surface area contributed by atoms with E-state index in [-0.39, 0.29) is 15.6 Å². The van der Waals surface area contributed by atoms with Crippen LogP contribution in [0.25, 0.3) is 0 Å². The minimum atomic E-state index is -3.84. The Labute approximate surface area is 112 Å². The molecule has 102 valence electrons. The highest BCUT2D eigenvalue weighted by Gasteiger charge is 2.31. The quantitative estimate of drug-likeness (QED) is 0.731. The van der Waals surface area contributed by atoms with Crippen molar-refractivity contribution < 1.29 is 13.5 Å². The lowest BCUT2D eigenvalue weighted by molar-refractivity contribution is 0.111. The van der Waals surface area contributed by atoms with Gasteiger partial charge in [0.15, 0.2) is 0 Å². The van der Waals surface area contributed by atoms with Crippen LogP contribution in [0, 0.1) is 0 Å². The first kappa shape index (κ1) is 15.2. The molecule has 1 rings (SSSR count). The van der Waals surface area contributed by atoms with Crippen molar-refractivity contribution >= 4 is 27.3 Å². The van der Waals surface area contributed by atoms with Gasteiger partial charge < -0.3 is 10.8 Å². The van der Waals surface area contributed by atoms with E-state index in [4.69, 9.17) is 17.3 Å². The van der Waals surface area contributed by atoms with E-state index in [1.807, 2.05) is 0 Å². The maximum Gasteiger partial charge on any atom is 0.243 e. The summed E-state index contributed by atoms with van der Waals surface area (Å²) in [5.74, 6) is 0. The maximum atomic E-state index is 12.2. The average molecular weight is 293 g/mol. The van der Waals surface area contributed by atoms with E-state index >= 15 is 0 Å². The Morgan fingerprint density at radius 1 is 1.44 bits per heavy atom.